The molecule has 8 heterocycles. The number of carboxylic acids is 2. The number of hydrogen-bond acceptors (Lipinski definition) is 24. The maximum Gasteiger partial charge on any atom is 0.352 e. The van der Waals surface area contributed by atoms with Crippen LogP contribution in [0.15, 0.2) is 94.0 Å². The predicted molar refractivity (Wildman–Crippen MR) is 239 cm³/mol. The van der Waals surface area contributed by atoms with E-state index < -0.39 is 68.8 Å². The van der Waals surface area contributed by atoms with Gasteiger partial charge in [-0.25, -0.2) is 18.7 Å². The monoisotopic (exact) mass is 1050 g/mol. The second-order valence-corrected chi connectivity index (χ2v) is 18.5. The lowest BCUT2D eigenvalue weighted by atomic mass is 10.0. The number of thioether (sulfide) groups is 2. The van der Waals surface area contributed by atoms with Crippen LogP contribution in [0.5, 0.6) is 0 Å². The van der Waals surface area contributed by atoms with Gasteiger partial charge in [0.15, 0.2) is 48.1 Å². The molecule has 2 saturated heterocycles. The van der Waals surface area contributed by atoms with Gasteiger partial charge in [0, 0.05) is 80.4 Å². The number of nitrogens with zero attached hydrogens (tertiary/aromatic N) is 10. The maximum atomic E-state index is 12.8. The van der Waals surface area contributed by atoms with Gasteiger partial charge in [-0.05, 0) is 0 Å². The highest BCUT2D eigenvalue weighted by Crippen LogP contribution is 2.41. The molecule has 33 heteroatoms. The third-order valence-electron chi connectivity index (χ3n) is 9.48. The van der Waals surface area contributed by atoms with Gasteiger partial charge in [-0.1, -0.05) is 22.4 Å². The SMILES string of the molecule is CON=C(C(=O)NC1C(=O)N2C(C(=O)O)=C(C[n+]3ccccc3)CS[C@@H]12)c1nsc(N)n1.CON=C(C(=O)NC1C(=O)N2C(C(=O)O)=C(C[n+]3ccccc3)CS[C@@H]12)c1nsc(N)n1.O=S(=O)([O-])[O-]. The van der Waals surface area contributed by atoms with Crippen molar-refractivity contribution in [2.24, 2.45) is 10.3 Å². The van der Waals surface area contributed by atoms with E-state index in [1.165, 1.54) is 47.5 Å². The highest BCUT2D eigenvalue weighted by atomic mass is 32.3. The summed E-state index contributed by atoms with van der Waals surface area (Å²) in [5.41, 5.74) is 11.8. The van der Waals surface area contributed by atoms with Crippen LogP contribution in [0, 0.1) is 0 Å². The average Bonchev–Trinajstić information content (AvgIpc) is 3.95. The minimum Gasteiger partial charge on any atom is -0.759 e. The Kier molecular flexibility index (Phi) is 16.6. The first kappa shape index (κ1) is 51.2. The number of carboxylic acid groups (broad SMARTS) is 2. The molecular weight excluding hydrogens is 1010 g/mol. The average molecular weight is 1050 g/mol. The van der Waals surface area contributed by atoms with E-state index in [1.807, 2.05) is 70.3 Å². The Morgan fingerprint density at radius 1 is 0.725 bits per heavy atom. The molecule has 364 valence electrons. The quantitative estimate of drug-likeness (QED) is 0.0184. The standard InChI is InChI=1S/2C18H17N7O5S2.H2O4S/c2*1-30-22-10(13-21-18(19)32-23-13)14(26)20-11-15(27)25-12(17(28)29)9(8-31-16(11)25)7-24-5-3-2-4-6-24;1-5(2,3)4/h2*2-6,11,16H,7-8H2,1H3,(H3-,19,20,21,23,26,28,29);(H2,1,2,3,4)/t2*11?,16-;/m00./s1. The van der Waals surface area contributed by atoms with Gasteiger partial charge in [-0.3, -0.25) is 37.4 Å². The summed E-state index contributed by atoms with van der Waals surface area (Å²) in [6.07, 6.45) is 7.28. The van der Waals surface area contributed by atoms with E-state index in [-0.39, 0.29) is 44.7 Å². The highest BCUT2D eigenvalue weighted by molar-refractivity contribution is 8.00. The van der Waals surface area contributed by atoms with Crippen molar-refractivity contribution in [3.05, 3.63) is 95.4 Å². The largest absolute Gasteiger partial charge is 0.759 e. The first-order valence-electron chi connectivity index (χ1n) is 19.2. The number of carbonyl (C=O) groups excluding carboxylic acids is 4. The number of nitrogens with two attached hydrogens (primary N) is 2. The zero-order valence-electron chi connectivity index (χ0n) is 35.4. The number of oxime groups is 2. The van der Waals surface area contributed by atoms with Crippen molar-refractivity contribution in [1.82, 2.24) is 39.1 Å². The van der Waals surface area contributed by atoms with Gasteiger partial charge < -0.3 is 51.1 Å². The summed E-state index contributed by atoms with van der Waals surface area (Å²) >= 11 is 4.52. The molecular formula is C36H36N14O14S5. The smallest absolute Gasteiger partial charge is 0.352 e. The number of hydrogen-bond donors (Lipinski definition) is 6. The van der Waals surface area contributed by atoms with Crippen molar-refractivity contribution in [3.63, 3.8) is 0 Å². The van der Waals surface area contributed by atoms with Crippen LogP contribution in [-0.4, -0.2) is 152 Å². The molecule has 28 nitrogen and oxygen atoms in total. The van der Waals surface area contributed by atoms with Crippen LogP contribution in [0.3, 0.4) is 0 Å². The van der Waals surface area contributed by atoms with Crippen molar-refractivity contribution in [2.45, 2.75) is 35.9 Å². The molecule has 4 aliphatic heterocycles. The Morgan fingerprint density at radius 3 is 1.36 bits per heavy atom. The normalized spacial score (nSPS) is 19.8. The first-order chi connectivity index (χ1) is 32.8. The molecule has 2 unspecified atom stereocenters. The number of amides is 4. The molecule has 4 aliphatic rings. The van der Waals surface area contributed by atoms with Crippen molar-refractivity contribution in [3.8, 4) is 0 Å². The predicted octanol–water partition coefficient (Wildman–Crippen LogP) is -2.94. The highest BCUT2D eigenvalue weighted by Gasteiger charge is 2.56. The van der Waals surface area contributed by atoms with Crippen molar-refractivity contribution >= 4 is 114 Å². The maximum absolute atomic E-state index is 12.8. The molecule has 4 atom stereocenters. The van der Waals surface area contributed by atoms with Crippen LogP contribution < -0.4 is 31.2 Å². The number of nitrogens with one attached hydrogen (secondary N) is 2. The van der Waals surface area contributed by atoms with Crippen LogP contribution in [0.25, 0.3) is 0 Å². The molecule has 0 aliphatic carbocycles. The summed E-state index contributed by atoms with van der Waals surface area (Å²) in [7, 11) is -2.65. The van der Waals surface area contributed by atoms with E-state index in [0.717, 1.165) is 23.1 Å². The molecule has 0 bridgehead atoms. The van der Waals surface area contributed by atoms with Crippen molar-refractivity contribution in [2.75, 3.05) is 37.2 Å². The zero-order valence-corrected chi connectivity index (χ0v) is 39.5. The Morgan fingerprint density at radius 2 is 1.07 bits per heavy atom. The molecule has 4 amide bonds. The molecule has 0 aromatic carbocycles. The summed E-state index contributed by atoms with van der Waals surface area (Å²) in [5.74, 6) is -4.14. The van der Waals surface area contributed by atoms with E-state index in [4.69, 9.17) is 38.7 Å². The lowest BCUT2D eigenvalue weighted by molar-refractivity contribution is -0.689. The van der Waals surface area contributed by atoms with Crippen LogP contribution >= 0.6 is 46.6 Å². The number of pyridine rings is 2. The third kappa shape index (κ3) is 12.3. The lowest BCUT2D eigenvalue weighted by Crippen LogP contribution is -2.71. The minimum absolute atomic E-state index is 0.0277. The van der Waals surface area contributed by atoms with Gasteiger partial charge in [-0.2, -0.15) is 18.7 Å². The summed E-state index contributed by atoms with van der Waals surface area (Å²) in [4.78, 5) is 94.8. The summed E-state index contributed by atoms with van der Waals surface area (Å²) in [6.45, 7) is 0.676. The van der Waals surface area contributed by atoms with Crippen LogP contribution in [0.4, 0.5) is 10.3 Å². The molecule has 8 N–H and O–H groups in total. The fourth-order valence-electron chi connectivity index (χ4n) is 6.76. The fraction of sp³-hybridized carbons (Fsp3) is 0.278. The molecule has 4 aromatic rings. The lowest BCUT2D eigenvalue weighted by Gasteiger charge is -2.49. The second-order valence-electron chi connectivity index (χ2n) is 13.9. The first-order valence-corrected chi connectivity index (χ1v) is 24.2. The summed E-state index contributed by atoms with van der Waals surface area (Å²) in [6, 6.07) is 9.22. The molecule has 0 radical (unpaired) electrons. The van der Waals surface area contributed by atoms with E-state index in [1.54, 1.807) is 0 Å². The molecule has 8 rings (SSSR count). The molecule has 4 aromatic heterocycles. The number of β-lactam (4-membered cyclic amide) rings is 2. The molecule has 0 saturated carbocycles. The third-order valence-corrected chi connectivity index (χ3v) is 13.2. The Balaban J connectivity index is 0.000000207. The van der Waals surface area contributed by atoms with E-state index >= 15 is 0 Å². The van der Waals surface area contributed by atoms with Crippen molar-refractivity contribution < 1.29 is 75.3 Å². The summed E-state index contributed by atoms with van der Waals surface area (Å²) < 4.78 is 45.6. The Labute approximate surface area is 405 Å². The van der Waals surface area contributed by atoms with Gasteiger partial charge in [0.1, 0.15) is 48.4 Å². The van der Waals surface area contributed by atoms with Gasteiger partial charge in [0.2, 0.25) is 23.1 Å². The fourth-order valence-corrected chi connectivity index (χ4v) is 10.3. The Hall–Kier alpha value is -7.17. The minimum atomic E-state index is -5.17. The molecule has 0 spiro atoms. The van der Waals surface area contributed by atoms with E-state index in [2.05, 4.69) is 39.7 Å². The molecule has 2 fully saturated rings. The van der Waals surface area contributed by atoms with Gasteiger partial charge >= 0.3 is 11.9 Å². The van der Waals surface area contributed by atoms with Crippen LogP contribution in [0.1, 0.15) is 11.6 Å². The van der Waals surface area contributed by atoms with Crippen molar-refractivity contribution in [1.29, 1.82) is 0 Å². The van der Waals surface area contributed by atoms with E-state index in [0.29, 0.717) is 35.7 Å². The number of fused-ring (bicyclic) bond motifs is 2. The van der Waals surface area contributed by atoms with Gasteiger partial charge in [-0.15, -0.1) is 23.5 Å². The number of anilines is 2. The number of aliphatic carboxylic acids is 2. The number of aromatic nitrogens is 6. The summed E-state index contributed by atoms with van der Waals surface area (Å²) in [5, 5.41) is 31.2. The van der Waals surface area contributed by atoms with Gasteiger partial charge in [0.05, 0.1) is 0 Å². The number of carbonyl (C=O) groups is 6. The Bertz CT molecular complexity index is 2690. The van der Waals surface area contributed by atoms with Gasteiger partial charge in [0.25, 0.3) is 23.6 Å². The second kappa shape index (κ2) is 22.3. The van der Waals surface area contributed by atoms with E-state index in [9.17, 15) is 39.0 Å². The zero-order chi connectivity index (χ0) is 50.2. The van der Waals surface area contributed by atoms with Crippen LogP contribution in [0.2, 0.25) is 0 Å². The topological polar surface area (TPSA) is 408 Å². The molecule has 69 heavy (non-hydrogen) atoms. The number of nitrogen functional groups attached to an aromatic ring is 2. The van der Waals surface area contributed by atoms with Crippen LogP contribution in [-0.2, 0) is 61.9 Å². The number of rotatable bonds is 14.